The molecule has 4 aromatic heterocycles. The molecule has 0 spiro atoms. The molecule has 0 unspecified atom stereocenters. The lowest BCUT2D eigenvalue weighted by Gasteiger charge is -2.41. The van der Waals surface area contributed by atoms with Crippen LogP contribution in [0.1, 0.15) is 102 Å². The van der Waals surface area contributed by atoms with E-state index < -0.39 is 0 Å². The molecular formula is C87H69BN4O2S. The summed E-state index contributed by atoms with van der Waals surface area (Å²) in [5.74, 6) is 1.45. The van der Waals surface area contributed by atoms with Crippen molar-refractivity contribution in [1.82, 2.24) is 9.13 Å². The summed E-state index contributed by atoms with van der Waals surface area (Å²) in [6.07, 6.45) is 6.71. The predicted molar refractivity (Wildman–Crippen MR) is 402 cm³/mol. The lowest BCUT2D eigenvalue weighted by molar-refractivity contribution is 0.487. The van der Waals surface area contributed by atoms with Crippen LogP contribution in [0.3, 0.4) is 0 Å². The highest BCUT2D eigenvalue weighted by molar-refractivity contribution is 7.26. The maximum absolute atomic E-state index is 10.5. The molecule has 95 heavy (non-hydrogen) atoms. The van der Waals surface area contributed by atoms with Crippen LogP contribution in [-0.2, 0) is 22.7 Å². The van der Waals surface area contributed by atoms with Crippen molar-refractivity contribution in [1.29, 1.82) is 5.26 Å². The monoisotopic (exact) mass is 1250 g/mol. The Bertz CT molecular complexity index is 6100. The maximum atomic E-state index is 10.5. The van der Waals surface area contributed by atoms with Gasteiger partial charge in [0.15, 0.2) is 0 Å². The number of hydrogen-bond acceptors (Lipinski definition) is 5. The Kier molecular flexibility index (Phi) is 11.5. The Morgan fingerprint density at radius 1 is 0.505 bits per heavy atom. The highest BCUT2D eigenvalue weighted by atomic mass is 32.1. The van der Waals surface area contributed by atoms with Gasteiger partial charge in [0.05, 0.1) is 33.8 Å². The number of para-hydroxylation sites is 2. The summed E-state index contributed by atoms with van der Waals surface area (Å²) >= 11 is 1.80. The smallest absolute Gasteiger partial charge is 0.256 e. The molecule has 0 saturated heterocycles. The van der Waals surface area contributed by atoms with Gasteiger partial charge in [-0.25, -0.2) is 0 Å². The zero-order valence-corrected chi connectivity index (χ0v) is 55.5. The number of anilines is 3. The van der Waals surface area contributed by atoms with Crippen LogP contribution in [0.25, 0.3) is 115 Å². The van der Waals surface area contributed by atoms with Crippen molar-refractivity contribution >= 4 is 132 Å². The number of rotatable bonds is 5. The Morgan fingerprint density at radius 2 is 1.19 bits per heavy atom. The molecule has 0 atom stereocenters. The van der Waals surface area contributed by atoms with Crippen molar-refractivity contribution in [2.24, 2.45) is 0 Å². The molecular weight excluding hydrogens is 1180 g/mol. The van der Waals surface area contributed by atoms with Crippen LogP contribution in [0, 0.1) is 11.3 Å². The van der Waals surface area contributed by atoms with Crippen LogP contribution in [-0.4, -0.2) is 15.8 Å². The molecule has 8 heteroatoms. The van der Waals surface area contributed by atoms with Crippen molar-refractivity contribution in [3.8, 4) is 51.2 Å². The normalized spacial score (nSPS) is 15.4. The number of nitriles is 1. The molecule has 458 valence electrons. The third kappa shape index (κ3) is 8.82. The number of ether oxygens (including phenoxy) is 1. The van der Waals surface area contributed by atoms with E-state index in [9.17, 15) is 9.37 Å². The van der Waals surface area contributed by atoms with Crippen molar-refractivity contribution in [3.63, 3.8) is 0 Å². The predicted octanol–water partition coefficient (Wildman–Crippen LogP) is 22.0. The Hall–Kier alpha value is -10.6. The van der Waals surface area contributed by atoms with Gasteiger partial charge >= 0.3 is 0 Å². The van der Waals surface area contributed by atoms with Gasteiger partial charge in [-0.1, -0.05) is 190 Å². The zero-order valence-electron chi connectivity index (χ0n) is 58.6. The number of hydrogen-bond donors (Lipinski definition) is 0. The molecule has 18 rings (SSSR count). The van der Waals surface area contributed by atoms with Gasteiger partial charge in [-0.15, -0.1) is 11.3 Å². The number of aromatic nitrogens is 2. The summed E-state index contributed by atoms with van der Waals surface area (Å²) in [6, 6.07) is 70.3. The van der Waals surface area contributed by atoms with Gasteiger partial charge in [-0.05, 0) is 157 Å². The molecule has 0 amide bonds. The largest absolute Gasteiger partial charge is 0.458 e. The molecule has 6 nitrogen and oxygen atoms in total. The lowest BCUT2D eigenvalue weighted by Crippen LogP contribution is -2.59. The second-order valence-corrected chi connectivity index (χ2v) is 30.2. The summed E-state index contributed by atoms with van der Waals surface area (Å²) in [7, 11) is 0. The first kappa shape index (κ1) is 52.9. The van der Waals surface area contributed by atoms with Crippen LogP contribution >= 0.6 is 11.3 Å². The molecule has 0 radical (unpaired) electrons. The first-order valence-electron chi connectivity index (χ1n) is 35.0. The van der Waals surface area contributed by atoms with Gasteiger partial charge in [0.2, 0.25) is 0 Å². The van der Waals surface area contributed by atoms with Crippen molar-refractivity contribution < 1.29 is 14.6 Å². The molecule has 11 aromatic carbocycles. The van der Waals surface area contributed by atoms with Gasteiger partial charge in [-0.2, -0.15) is 5.26 Å². The van der Waals surface area contributed by atoms with Gasteiger partial charge in [-0.3, -0.25) is 0 Å². The van der Waals surface area contributed by atoms with Crippen LogP contribution in [0.5, 0.6) is 11.5 Å². The van der Waals surface area contributed by atoms with E-state index in [1.54, 1.807) is 11.3 Å². The van der Waals surface area contributed by atoms with Gasteiger partial charge in [0.25, 0.3) is 6.71 Å². The average molecular weight is 1250 g/mol. The highest BCUT2D eigenvalue weighted by Gasteiger charge is 2.44. The lowest BCUT2D eigenvalue weighted by atomic mass is 9.34. The number of benzene rings is 11. The van der Waals surface area contributed by atoms with Crippen molar-refractivity contribution in [2.45, 2.75) is 91.4 Å². The molecule has 2 aliphatic heterocycles. The van der Waals surface area contributed by atoms with E-state index in [-0.39, 0.29) is 47.1 Å². The molecule has 1 aliphatic carbocycles. The first-order chi connectivity index (χ1) is 47.6. The van der Waals surface area contributed by atoms with E-state index in [1.165, 1.54) is 47.6 Å². The summed E-state index contributed by atoms with van der Waals surface area (Å²) in [6.45, 7) is 20.1. The number of thiophene rings is 1. The highest BCUT2D eigenvalue weighted by Crippen LogP contribution is 2.51. The molecule has 0 bridgehead atoms. The third-order valence-corrected chi connectivity index (χ3v) is 21.4. The summed E-state index contributed by atoms with van der Waals surface area (Å²) in [5.41, 5.74) is 20.8. The van der Waals surface area contributed by atoms with Gasteiger partial charge in [0, 0.05) is 117 Å². The fourth-order valence-electron chi connectivity index (χ4n) is 15.4. The van der Waals surface area contributed by atoms with E-state index in [0.717, 1.165) is 112 Å². The van der Waals surface area contributed by atoms with Crippen LogP contribution in [0.2, 0.25) is 0 Å². The molecule has 0 fully saturated rings. The number of nitrogens with zero attached hydrogens (tertiary/aromatic N) is 4. The topological polar surface area (TPSA) is 59.3 Å². The van der Waals surface area contributed by atoms with E-state index in [4.69, 9.17) is 10.5 Å². The molecule has 0 saturated carbocycles. The standard InChI is InChI=1S/C87H69BN4O2S/c1-85(2,3)54-30-37-71(63(45-54)52-21-11-10-12-22-52)92-74-48-57(90-69-27-17-14-23-60(69)64-42-51(50-89)20-13-16-28-70(64)90)33-35-67(74)88-68-36-34-58(91-72-38-31-55(86(4,5)6)46-65(72)66-47-56(87(7,8)9)32-39-73(66)91)49-77(68)93-78-44-53(43-75(92)83(78)88)59-25-19-26-62-81-76(94-84(59)62)40-41-80-82(81)61-24-15-18-29-79(61)95-80/h10-19,21-27,29-49H,20,28H2,1-9H3/b16-13-,51-42+/i14D,17D,23D,27D. The minimum Gasteiger partial charge on any atom is -0.458 e. The van der Waals surface area contributed by atoms with E-state index in [2.05, 4.69) is 272 Å². The van der Waals surface area contributed by atoms with Crippen LogP contribution < -0.4 is 26.0 Å². The Labute approximate surface area is 563 Å². The second kappa shape index (κ2) is 20.7. The minimum atomic E-state index is -0.372. The fraction of sp³-hybridized carbons (Fsp3) is 0.161. The molecule has 15 aromatic rings. The third-order valence-electron chi connectivity index (χ3n) is 20.3. The fourth-order valence-corrected chi connectivity index (χ4v) is 16.6. The minimum absolute atomic E-state index is 0.0690. The maximum Gasteiger partial charge on any atom is 0.256 e. The van der Waals surface area contributed by atoms with Crippen molar-refractivity contribution in [2.75, 3.05) is 4.90 Å². The quantitative estimate of drug-likeness (QED) is 0.127. The van der Waals surface area contributed by atoms with E-state index in [0.29, 0.717) is 40.6 Å². The molecule has 3 aliphatic rings. The van der Waals surface area contributed by atoms with Crippen LogP contribution in [0.4, 0.5) is 17.1 Å². The number of fused-ring (bicyclic) bond motifs is 17. The number of allylic oxidation sites excluding steroid dienone is 3. The zero-order chi connectivity index (χ0) is 68.0. The van der Waals surface area contributed by atoms with Crippen molar-refractivity contribution in [3.05, 3.63) is 258 Å². The SMILES string of the molecule is [2H]c1c([2H])c([2H])c2c(c1[2H])c1c(n2-c2ccc3c(c2)N(c2ccc(C(C)(C)C)cc2-c2ccccc2)c2cc(-c4cccc5c4oc4ccc6sc7ccccc7c6c45)cc4c2B3c2ccc(-n3c5ccc(C(C)(C)C)cc5c5cc(C(C)(C)C)ccc53)cc2O4)C/C=C\C/C(C#N)=C\1. The van der Waals surface area contributed by atoms with E-state index >= 15 is 0 Å². The average Bonchev–Trinajstić information content (AvgIpc) is 1.29. The van der Waals surface area contributed by atoms with Gasteiger partial charge in [0.1, 0.15) is 22.7 Å². The Morgan fingerprint density at radius 3 is 1.95 bits per heavy atom. The summed E-state index contributed by atoms with van der Waals surface area (Å²) in [5, 5.41) is 17.8. The Balaban J connectivity index is 0.948. The molecule has 6 heterocycles. The first-order valence-corrected chi connectivity index (χ1v) is 33.8. The van der Waals surface area contributed by atoms with E-state index in [1.807, 2.05) is 16.7 Å². The van der Waals surface area contributed by atoms with Crippen LogP contribution in [0.15, 0.2) is 234 Å². The summed E-state index contributed by atoms with van der Waals surface area (Å²) in [4.78, 5) is 2.42. The molecule has 0 N–H and O–H groups in total. The van der Waals surface area contributed by atoms with Gasteiger partial charge < -0.3 is 23.2 Å². The summed E-state index contributed by atoms with van der Waals surface area (Å²) < 4.78 is 59.4. The number of furan rings is 1. The second-order valence-electron chi connectivity index (χ2n) is 29.2.